The van der Waals surface area contributed by atoms with Gasteiger partial charge in [-0.05, 0) is 38.1 Å². The number of hydrogen-bond acceptors (Lipinski definition) is 5. The van der Waals surface area contributed by atoms with Crippen molar-refractivity contribution in [3.05, 3.63) is 36.0 Å². The highest BCUT2D eigenvalue weighted by Crippen LogP contribution is 2.19. The summed E-state index contributed by atoms with van der Waals surface area (Å²) in [6, 6.07) is 9.42. The van der Waals surface area contributed by atoms with E-state index in [4.69, 9.17) is 0 Å². The van der Waals surface area contributed by atoms with Crippen LogP contribution >= 0.6 is 0 Å². The summed E-state index contributed by atoms with van der Waals surface area (Å²) in [5.74, 6) is 1.30. The first-order chi connectivity index (χ1) is 11.0. The van der Waals surface area contributed by atoms with E-state index in [1.54, 1.807) is 0 Å². The van der Waals surface area contributed by atoms with Crippen LogP contribution in [0.5, 0.6) is 0 Å². The van der Waals surface area contributed by atoms with Crippen LogP contribution in [0.4, 0.5) is 23.1 Å². The van der Waals surface area contributed by atoms with Crippen molar-refractivity contribution in [2.24, 2.45) is 5.92 Å². The minimum Gasteiger partial charge on any atom is -0.354 e. The molecule has 1 amide bonds. The maximum atomic E-state index is 11.7. The quantitative estimate of drug-likeness (QED) is 0.760. The summed E-state index contributed by atoms with van der Waals surface area (Å²) < 4.78 is 0. The zero-order chi connectivity index (χ0) is 16.8. The monoisotopic (exact) mass is 313 g/mol. The Morgan fingerprint density at radius 1 is 1.13 bits per heavy atom. The Bertz CT molecular complexity index is 667. The third-order valence-electron chi connectivity index (χ3n) is 3.14. The van der Waals surface area contributed by atoms with Crippen molar-refractivity contribution in [2.45, 2.75) is 27.7 Å². The molecule has 0 saturated carbocycles. The van der Waals surface area contributed by atoms with Crippen LogP contribution < -0.4 is 16.0 Å². The Hall–Kier alpha value is -2.63. The van der Waals surface area contributed by atoms with Crippen LogP contribution in [0.2, 0.25) is 0 Å². The van der Waals surface area contributed by atoms with Gasteiger partial charge >= 0.3 is 0 Å². The molecule has 6 heteroatoms. The maximum Gasteiger partial charge on any atom is 0.226 e. The lowest BCUT2D eigenvalue weighted by atomic mass is 10.2. The van der Waals surface area contributed by atoms with Crippen molar-refractivity contribution in [3.8, 4) is 0 Å². The Morgan fingerprint density at radius 3 is 2.39 bits per heavy atom. The first kappa shape index (κ1) is 16.7. The zero-order valence-corrected chi connectivity index (χ0v) is 14.0. The number of hydrogen-bond donors (Lipinski definition) is 3. The molecule has 23 heavy (non-hydrogen) atoms. The lowest BCUT2D eigenvalue weighted by Crippen LogP contribution is -2.17. The summed E-state index contributed by atoms with van der Waals surface area (Å²) in [7, 11) is 0. The molecule has 0 saturated heterocycles. The van der Waals surface area contributed by atoms with Crippen LogP contribution in [0.1, 0.15) is 26.5 Å². The molecular formula is C17H23N5O. The van der Waals surface area contributed by atoms with Crippen molar-refractivity contribution in [2.75, 3.05) is 22.5 Å². The number of nitrogens with zero attached hydrogens (tertiary/aromatic N) is 2. The van der Waals surface area contributed by atoms with E-state index in [0.717, 1.165) is 29.4 Å². The number of nitrogens with one attached hydrogen (secondary N) is 3. The number of benzene rings is 1. The van der Waals surface area contributed by atoms with Gasteiger partial charge in [-0.15, -0.1) is 0 Å². The smallest absolute Gasteiger partial charge is 0.226 e. The number of anilines is 4. The fraction of sp³-hybridized carbons (Fsp3) is 0.353. The normalized spacial score (nSPS) is 10.5. The Morgan fingerprint density at radius 2 is 1.78 bits per heavy atom. The van der Waals surface area contributed by atoms with Crippen LogP contribution in [0, 0.1) is 12.8 Å². The van der Waals surface area contributed by atoms with Crippen molar-refractivity contribution < 1.29 is 4.79 Å². The second-order valence-electron chi connectivity index (χ2n) is 5.59. The van der Waals surface area contributed by atoms with Crippen LogP contribution in [-0.4, -0.2) is 22.4 Å². The van der Waals surface area contributed by atoms with Gasteiger partial charge < -0.3 is 16.0 Å². The summed E-state index contributed by atoms with van der Waals surface area (Å²) in [5.41, 5.74) is 2.56. The minimum absolute atomic E-state index is 0.00687. The average Bonchev–Trinajstić information content (AvgIpc) is 2.49. The van der Waals surface area contributed by atoms with E-state index in [0.29, 0.717) is 5.95 Å². The van der Waals surface area contributed by atoms with Gasteiger partial charge in [-0.1, -0.05) is 13.8 Å². The van der Waals surface area contributed by atoms with E-state index in [-0.39, 0.29) is 11.8 Å². The molecule has 1 heterocycles. The molecule has 0 radical (unpaired) electrons. The van der Waals surface area contributed by atoms with Crippen LogP contribution in [0.3, 0.4) is 0 Å². The molecule has 3 N–H and O–H groups in total. The summed E-state index contributed by atoms with van der Waals surface area (Å²) >= 11 is 0. The number of amides is 1. The Balaban J connectivity index is 2.07. The topological polar surface area (TPSA) is 78.9 Å². The van der Waals surface area contributed by atoms with E-state index < -0.39 is 0 Å². The number of carbonyl (C=O) groups is 1. The van der Waals surface area contributed by atoms with Gasteiger partial charge in [0, 0.05) is 35.6 Å². The fourth-order valence-corrected chi connectivity index (χ4v) is 1.94. The first-order valence-electron chi connectivity index (χ1n) is 7.75. The van der Waals surface area contributed by atoms with Crippen LogP contribution in [0.25, 0.3) is 0 Å². The van der Waals surface area contributed by atoms with Gasteiger partial charge in [0.05, 0.1) is 0 Å². The van der Waals surface area contributed by atoms with Gasteiger partial charge in [0.1, 0.15) is 5.82 Å². The first-order valence-corrected chi connectivity index (χ1v) is 7.75. The van der Waals surface area contributed by atoms with Crippen molar-refractivity contribution in [1.29, 1.82) is 0 Å². The van der Waals surface area contributed by atoms with Gasteiger partial charge in [-0.2, -0.15) is 4.98 Å². The van der Waals surface area contributed by atoms with Crippen molar-refractivity contribution in [1.82, 2.24) is 9.97 Å². The molecule has 2 rings (SSSR count). The second kappa shape index (κ2) is 7.58. The lowest BCUT2D eigenvalue weighted by molar-refractivity contribution is -0.118. The van der Waals surface area contributed by atoms with Crippen molar-refractivity contribution in [3.63, 3.8) is 0 Å². The maximum absolute atomic E-state index is 11.7. The molecule has 0 aliphatic carbocycles. The number of rotatable bonds is 6. The van der Waals surface area contributed by atoms with E-state index in [2.05, 4.69) is 25.9 Å². The highest BCUT2D eigenvalue weighted by atomic mass is 16.1. The van der Waals surface area contributed by atoms with Gasteiger partial charge in [0.15, 0.2) is 0 Å². The van der Waals surface area contributed by atoms with Crippen molar-refractivity contribution >= 4 is 29.0 Å². The molecule has 1 aromatic carbocycles. The standard InChI is InChI=1S/C17H23N5O/c1-5-18-17-19-12(4)10-15(22-17)20-13-6-8-14(9-7-13)21-16(23)11(2)3/h6-11H,5H2,1-4H3,(H,21,23)(H2,18,19,20,22). The van der Waals surface area contributed by atoms with Crippen LogP contribution in [-0.2, 0) is 4.79 Å². The summed E-state index contributed by atoms with van der Waals surface area (Å²) in [4.78, 5) is 20.4. The SMILES string of the molecule is CCNc1nc(C)cc(Nc2ccc(NC(=O)C(C)C)cc2)n1. The highest BCUT2D eigenvalue weighted by Gasteiger charge is 2.07. The Labute approximate surface area is 136 Å². The minimum atomic E-state index is -0.0405. The molecule has 2 aromatic rings. The molecule has 0 aliphatic heterocycles. The molecule has 0 unspecified atom stereocenters. The Kier molecular flexibility index (Phi) is 5.51. The summed E-state index contributed by atoms with van der Waals surface area (Å²) in [5, 5.41) is 9.21. The predicted molar refractivity (Wildman–Crippen MR) is 94.1 cm³/mol. The van der Waals surface area contributed by atoms with E-state index >= 15 is 0 Å². The zero-order valence-electron chi connectivity index (χ0n) is 14.0. The molecular weight excluding hydrogens is 290 g/mol. The molecule has 1 aromatic heterocycles. The molecule has 0 bridgehead atoms. The molecule has 0 aliphatic rings. The largest absolute Gasteiger partial charge is 0.354 e. The average molecular weight is 313 g/mol. The number of aryl methyl sites for hydroxylation is 1. The number of carbonyl (C=O) groups excluding carboxylic acids is 1. The highest BCUT2D eigenvalue weighted by molar-refractivity contribution is 5.92. The summed E-state index contributed by atoms with van der Waals surface area (Å²) in [6.07, 6.45) is 0. The van der Waals surface area contributed by atoms with Crippen LogP contribution in [0.15, 0.2) is 30.3 Å². The third-order valence-corrected chi connectivity index (χ3v) is 3.14. The van der Waals surface area contributed by atoms with E-state index in [1.165, 1.54) is 0 Å². The summed E-state index contributed by atoms with van der Waals surface area (Å²) in [6.45, 7) is 8.43. The number of aromatic nitrogens is 2. The molecule has 0 spiro atoms. The molecule has 0 fully saturated rings. The lowest BCUT2D eigenvalue weighted by Gasteiger charge is -2.11. The molecule has 0 atom stereocenters. The van der Waals surface area contributed by atoms with Gasteiger partial charge in [-0.3, -0.25) is 4.79 Å². The molecule has 6 nitrogen and oxygen atoms in total. The van der Waals surface area contributed by atoms with Gasteiger partial charge in [0.2, 0.25) is 11.9 Å². The second-order valence-corrected chi connectivity index (χ2v) is 5.59. The predicted octanol–water partition coefficient (Wildman–Crippen LogP) is 3.55. The third kappa shape index (κ3) is 4.95. The fourth-order valence-electron chi connectivity index (χ4n) is 1.94. The molecule has 122 valence electrons. The van der Waals surface area contributed by atoms with Gasteiger partial charge in [-0.25, -0.2) is 4.98 Å². The van der Waals surface area contributed by atoms with E-state index in [9.17, 15) is 4.79 Å². The van der Waals surface area contributed by atoms with E-state index in [1.807, 2.05) is 58.0 Å². The van der Waals surface area contributed by atoms with Gasteiger partial charge in [0.25, 0.3) is 0 Å².